The summed E-state index contributed by atoms with van der Waals surface area (Å²) < 4.78 is 24.1. The maximum Gasteiger partial charge on any atom is 0.182 e. The summed E-state index contributed by atoms with van der Waals surface area (Å²) in [5, 5.41) is 11.7. The van der Waals surface area contributed by atoms with E-state index in [9.17, 15) is 8.42 Å². The second kappa shape index (κ2) is 4.59. The van der Waals surface area contributed by atoms with E-state index in [1.54, 1.807) is 12.1 Å². The Labute approximate surface area is 105 Å². The number of nitrogens with one attached hydrogen (secondary N) is 1. The van der Waals surface area contributed by atoms with E-state index in [0.717, 1.165) is 4.90 Å². The normalized spacial score (nSPS) is 21.1. The van der Waals surface area contributed by atoms with Gasteiger partial charge in [-0.1, -0.05) is 0 Å². The molecule has 6 heteroatoms. The van der Waals surface area contributed by atoms with Crippen molar-refractivity contribution in [1.29, 1.82) is 5.26 Å². The van der Waals surface area contributed by atoms with Crippen LogP contribution in [0.1, 0.15) is 6.42 Å². The molecule has 1 aliphatic rings. The molecule has 1 heterocycles. The van der Waals surface area contributed by atoms with Crippen molar-refractivity contribution in [2.45, 2.75) is 22.3 Å². The molecule has 0 aromatic heterocycles. The number of benzene rings is 1. The number of hydrogen-bond donors (Lipinski definition) is 1. The van der Waals surface area contributed by atoms with E-state index in [0.29, 0.717) is 10.6 Å². The zero-order valence-corrected chi connectivity index (χ0v) is 10.9. The molecule has 0 fully saturated rings. The summed E-state index contributed by atoms with van der Waals surface area (Å²) in [5.41, 5.74) is 0.606. The molecule has 0 spiro atoms. The Morgan fingerprint density at radius 3 is 3.00 bits per heavy atom. The molecule has 1 aromatic carbocycles. The molecule has 1 N–H and O–H groups in total. The second-order valence-corrected chi connectivity index (χ2v) is 6.73. The molecule has 0 bridgehead atoms. The van der Waals surface area contributed by atoms with Gasteiger partial charge in [0.25, 0.3) is 0 Å². The van der Waals surface area contributed by atoms with Gasteiger partial charge < -0.3 is 5.32 Å². The highest BCUT2D eigenvalue weighted by molar-refractivity contribution is 7.98. The largest absolute Gasteiger partial charge is 0.379 e. The highest BCUT2D eigenvalue weighted by Crippen LogP contribution is 2.32. The molecule has 90 valence electrons. The monoisotopic (exact) mass is 268 g/mol. The fourth-order valence-corrected chi connectivity index (χ4v) is 4.04. The molecule has 1 unspecified atom stereocenters. The van der Waals surface area contributed by atoms with Gasteiger partial charge in [-0.2, -0.15) is 5.26 Å². The minimum absolute atomic E-state index is 0.00854. The van der Waals surface area contributed by atoms with E-state index < -0.39 is 9.84 Å². The van der Waals surface area contributed by atoms with Crippen LogP contribution in [0.2, 0.25) is 0 Å². The van der Waals surface area contributed by atoms with Crippen molar-refractivity contribution in [2.24, 2.45) is 0 Å². The zero-order valence-electron chi connectivity index (χ0n) is 9.30. The molecule has 0 radical (unpaired) electrons. The molecular formula is C11H12N2O2S2. The lowest BCUT2D eigenvalue weighted by Gasteiger charge is -2.25. The van der Waals surface area contributed by atoms with Crippen LogP contribution >= 0.6 is 11.8 Å². The van der Waals surface area contributed by atoms with E-state index in [-0.39, 0.29) is 18.2 Å². The Morgan fingerprint density at radius 2 is 2.35 bits per heavy atom. The first kappa shape index (κ1) is 12.3. The van der Waals surface area contributed by atoms with Crippen molar-refractivity contribution >= 4 is 27.3 Å². The van der Waals surface area contributed by atoms with Gasteiger partial charge >= 0.3 is 0 Å². The molecule has 17 heavy (non-hydrogen) atoms. The molecule has 0 aliphatic carbocycles. The molecule has 4 nitrogen and oxygen atoms in total. The first-order chi connectivity index (χ1) is 8.06. The summed E-state index contributed by atoms with van der Waals surface area (Å²) in [4.78, 5) is 1.27. The number of fused-ring (bicyclic) bond motifs is 1. The Morgan fingerprint density at radius 1 is 1.59 bits per heavy atom. The number of thioether (sulfide) groups is 1. The van der Waals surface area contributed by atoms with Crippen molar-refractivity contribution in [3.8, 4) is 6.07 Å². The summed E-state index contributed by atoms with van der Waals surface area (Å²) in [7, 11) is -3.27. The minimum atomic E-state index is -3.27. The molecule has 0 amide bonds. The van der Waals surface area contributed by atoms with Gasteiger partial charge in [-0.05, 0) is 24.5 Å². The summed E-state index contributed by atoms with van der Waals surface area (Å²) in [5.74, 6) is -0.00854. The standard InChI is InChI=1S/C11H12N2O2S2/c1-16-9-2-3-10-11(6-9)17(14,15)7-8(13-10)4-5-12/h2-3,6,8,13H,4,7H2,1H3. The SMILES string of the molecule is CSc1ccc2c(c1)S(=O)(=O)CC(CC#N)N2. The number of hydrogen-bond acceptors (Lipinski definition) is 5. The predicted molar refractivity (Wildman–Crippen MR) is 67.9 cm³/mol. The molecule has 1 aliphatic heterocycles. The van der Waals surface area contributed by atoms with Crippen LogP contribution in [0.15, 0.2) is 28.0 Å². The quantitative estimate of drug-likeness (QED) is 0.829. The molecule has 0 saturated heterocycles. The average Bonchev–Trinajstić information content (AvgIpc) is 2.28. The van der Waals surface area contributed by atoms with Crippen LogP contribution in [0, 0.1) is 11.3 Å². The van der Waals surface area contributed by atoms with Crippen molar-refractivity contribution in [1.82, 2.24) is 0 Å². The number of sulfone groups is 1. The van der Waals surface area contributed by atoms with Gasteiger partial charge in [-0.3, -0.25) is 0 Å². The van der Waals surface area contributed by atoms with Crippen LogP contribution in [0.5, 0.6) is 0 Å². The zero-order chi connectivity index (χ0) is 12.5. The average molecular weight is 268 g/mol. The van der Waals surface area contributed by atoms with Crippen LogP contribution in [-0.4, -0.2) is 26.5 Å². The molecule has 1 aromatic rings. The van der Waals surface area contributed by atoms with Gasteiger partial charge in [0.15, 0.2) is 9.84 Å². The van der Waals surface area contributed by atoms with Gasteiger partial charge in [-0.15, -0.1) is 11.8 Å². The van der Waals surface area contributed by atoms with Crippen molar-refractivity contribution in [2.75, 3.05) is 17.3 Å². The maximum absolute atomic E-state index is 12.1. The lowest BCUT2D eigenvalue weighted by molar-refractivity contribution is 0.586. The molecule has 0 saturated carbocycles. The van der Waals surface area contributed by atoms with Gasteiger partial charge in [0.2, 0.25) is 0 Å². The summed E-state index contributed by atoms with van der Waals surface area (Å²) in [6, 6.07) is 7.02. The molecule has 2 rings (SSSR count). The number of nitriles is 1. The van der Waals surface area contributed by atoms with Crippen LogP contribution in [0.25, 0.3) is 0 Å². The Bertz CT molecular complexity index is 576. The fraction of sp³-hybridized carbons (Fsp3) is 0.364. The lowest BCUT2D eigenvalue weighted by Crippen LogP contribution is -2.33. The Kier molecular flexibility index (Phi) is 3.31. The van der Waals surface area contributed by atoms with E-state index in [4.69, 9.17) is 5.26 Å². The van der Waals surface area contributed by atoms with E-state index in [2.05, 4.69) is 5.32 Å². The van der Waals surface area contributed by atoms with Crippen LogP contribution < -0.4 is 5.32 Å². The topological polar surface area (TPSA) is 70.0 Å². The highest BCUT2D eigenvalue weighted by Gasteiger charge is 2.29. The third kappa shape index (κ3) is 2.40. The second-order valence-electron chi connectivity index (χ2n) is 3.85. The van der Waals surface area contributed by atoms with Gasteiger partial charge in [-0.25, -0.2) is 8.42 Å². The third-order valence-corrected chi connectivity index (χ3v) is 5.22. The van der Waals surface area contributed by atoms with Gasteiger partial charge in [0.05, 0.1) is 34.9 Å². The summed E-state index contributed by atoms with van der Waals surface area (Å²) in [6.07, 6.45) is 2.10. The smallest absolute Gasteiger partial charge is 0.182 e. The molecule has 1 atom stereocenters. The van der Waals surface area contributed by atoms with Crippen molar-refractivity contribution in [3.63, 3.8) is 0 Å². The van der Waals surface area contributed by atoms with Crippen molar-refractivity contribution in [3.05, 3.63) is 18.2 Å². The van der Waals surface area contributed by atoms with Crippen LogP contribution in [-0.2, 0) is 9.84 Å². The first-order valence-corrected chi connectivity index (χ1v) is 7.99. The number of rotatable bonds is 2. The summed E-state index contributed by atoms with van der Waals surface area (Å²) >= 11 is 1.51. The van der Waals surface area contributed by atoms with Gasteiger partial charge in [0.1, 0.15) is 0 Å². The lowest BCUT2D eigenvalue weighted by atomic mass is 10.2. The van der Waals surface area contributed by atoms with E-state index in [1.165, 1.54) is 11.8 Å². The molecular weight excluding hydrogens is 256 g/mol. The third-order valence-electron chi connectivity index (χ3n) is 2.64. The maximum atomic E-state index is 12.1. The van der Waals surface area contributed by atoms with Crippen LogP contribution in [0.3, 0.4) is 0 Å². The fourth-order valence-electron chi connectivity index (χ4n) is 1.84. The summed E-state index contributed by atoms with van der Waals surface area (Å²) in [6.45, 7) is 0. The Hall–Kier alpha value is -1.19. The first-order valence-electron chi connectivity index (χ1n) is 5.11. The minimum Gasteiger partial charge on any atom is -0.379 e. The van der Waals surface area contributed by atoms with E-state index in [1.807, 2.05) is 18.4 Å². The number of anilines is 1. The van der Waals surface area contributed by atoms with E-state index >= 15 is 0 Å². The number of nitrogens with zero attached hydrogens (tertiary/aromatic N) is 1. The highest BCUT2D eigenvalue weighted by atomic mass is 32.2. The van der Waals surface area contributed by atoms with Crippen LogP contribution in [0.4, 0.5) is 5.69 Å². The predicted octanol–water partition coefficient (Wildman–Crippen LogP) is 1.89. The Balaban J connectivity index is 2.46. The van der Waals surface area contributed by atoms with Gasteiger partial charge in [0, 0.05) is 4.90 Å². The van der Waals surface area contributed by atoms with Crippen molar-refractivity contribution < 1.29 is 8.42 Å².